The van der Waals surface area contributed by atoms with Gasteiger partial charge in [-0.1, -0.05) is 25.1 Å². The number of Topliss-reactive ketones (excluding diaryl/α,β-unsaturated/α-hetero) is 1. The molecule has 0 fully saturated rings. The summed E-state index contributed by atoms with van der Waals surface area (Å²) in [4.78, 5) is 40.6. The van der Waals surface area contributed by atoms with Crippen LogP contribution in [0.1, 0.15) is 30.6 Å². The molecule has 0 aliphatic rings. The fourth-order valence-corrected chi connectivity index (χ4v) is 2.58. The lowest BCUT2D eigenvalue weighted by Crippen LogP contribution is -2.39. The van der Waals surface area contributed by atoms with Gasteiger partial charge in [0, 0.05) is 18.8 Å². The molecule has 128 valence electrons. The quantitative estimate of drug-likeness (QED) is 0.744. The highest BCUT2D eigenvalue weighted by Gasteiger charge is 2.21. The van der Waals surface area contributed by atoms with Crippen LogP contribution in [0.3, 0.4) is 0 Å². The lowest BCUT2D eigenvalue weighted by atomic mass is 10.1. The average molecular weight is 330 g/mol. The van der Waals surface area contributed by atoms with E-state index in [0.29, 0.717) is 19.5 Å². The lowest BCUT2D eigenvalue weighted by Gasteiger charge is -2.22. The van der Waals surface area contributed by atoms with Gasteiger partial charge in [-0.2, -0.15) is 0 Å². The second kappa shape index (κ2) is 7.63. The van der Waals surface area contributed by atoms with E-state index in [9.17, 15) is 14.4 Å². The number of nitrogens with two attached hydrogens (primary N) is 1. The van der Waals surface area contributed by atoms with Crippen LogP contribution >= 0.6 is 0 Å². The Labute approximate surface area is 139 Å². The van der Waals surface area contributed by atoms with Crippen molar-refractivity contribution in [1.82, 2.24) is 9.55 Å². The molecule has 0 unspecified atom stereocenters. The van der Waals surface area contributed by atoms with Crippen LogP contribution in [-0.2, 0) is 6.54 Å². The Morgan fingerprint density at radius 3 is 2.46 bits per heavy atom. The number of H-pyrrole nitrogens is 1. The Morgan fingerprint density at radius 1 is 1.21 bits per heavy atom. The van der Waals surface area contributed by atoms with Crippen LogP contribution in [0.4, 0.5) is 11.5 Å². The number of likely N-dealkylation sites (N-methyl/N-ethyl adjacent to an activating group) is 1. The van der Waals surface area contributed by atoms with E-state index < -0.39 is 17.0 Å². The summed E-state index contributed by atoms with van der Waals surface area (Å²) in [6.07, 6.45) is 0.662. The number of ketones is 1. The van der Waals surface area contributed by atoms with Crippen LogP contribution in [0.15, 0.2) is 39.9 Å². The highest BCUT2D eigenvalue weighted by atomic mass is 16.2. The number of rotatable bonds is 7. The van der Waals surface area contributed by atoms with Gasteiger partial charge in [-0.15, -0.1) is 0 Å². The Hall–Kier alpha value is -2.83. The number of nitrogens with zero attached hydrogens (tertiary/aromatic N) is 2. The molecule has 0 spiro atoms. The van der Waals surface area contributed by atoms with Crippen molar-refractivity contribution in [2.75, 3.05) is 23.7 Å². The maximum absolute atomic E-state index is 12.6. The second-order valence-corrected chi connectivity index (χ2v) is 5.44. The highest BCUT2D eigenvalue weighted by molar-refractivity contribution is 6.02. The molecule has 0 amide bonds. The smallest absolute Gasteiger partial charge is 0.329 e. The molecule has 1 heterocycles. The Bertz CT molecular complexity index is 824. The highest BCUT2D eigenvalue weighted by Crippen LogP contribution is 2.14. The van der Waals surface area contributed by atoms with Crippen molar-refractivity contribution in [1.29, 1.82) is 0 Å². The molecule has 0 aliphatic carbocycles. The van der Waals surface area contributed by atoms with Crippen molar-refractivity contribution in [3.8, 4) is 0 Å². The summed E-state index contributed by atoms with van der Waals surface area (Å²) in [6, 6.07) is 9.43. The molecule has 0 saturated carbocycles. The van der Waals surface area contributed by atoms with Gasteiger partial charge in [-0.05, 0) is 25.5 Å². The van der Waals surface area contributed by atoms with Crippen LogP contribution in [0.25, 0.3) is 0 Å². The molecule has 0 atom stereocenters. The molecule has 0 radical (unpaired) electrons. The normalized spacial score (nSPS) is 10.6. The van der Waals surface area contributed by atoms with Gasteiger partial charge in [-0.25, -0.2) is 4.79 Å². The van der Waals surface area contributed by atoms with Crippen molar-refractivity contribution >= 4 is 17.3 Å². The number of anilines is 2. The maximum Gasteiger partial charge on any atom is 0.329 e. The minimum Gasteiger partial charge on any atom is -0.384 e. The van der Waals surface area contributed by atoms with E-state index in [1.165, 1.54) is 4.57 Å². The van der Waals surface area contributed by atoms with Gasteiger partial charge in [0.05, 0.1) is 6.54 Å². The molecule has 2 aromatic rings. The lowest BCUT2D eigenvalue weighted by molar-refractivity contribution is 0.0998. The third-order valence-electron chi connectivity index (χ3n) is 3.80. The number of carbonyl (C=O) groups is 1. The summed E-state index contributed by atoms with van der Waals surface area (Å²) >= 11 is 0. The number of benzene rings is 1. The van der Waals surface area contributed by atoms with Crippen LogP contribution in [0.2, 0.25) is 0 Å². The molecule has 1 aromatic heterocycles. The minimum atomic E-state index is -0.737. The average Bonchev–Trinajstić information content (AvgIpc) is 2.57. The third-order valence-corrected chi connectivity index (χ3v) is 3.80. The van der Waals surface area contributed by atoms with E-state index in [1.807, 2.05) is 49.1 Å². The zero-order valence-corrected chi connectivity index (χ0v) is 13.9. The molecule has 0 saturated heterocycles. The number of aromatic nitrogens is 2. The van der Waals surface area contributed by atoms with Gasteiger partial charge in [0.25, 0.3) is 5.56 Å². The molecule has 3 N–H and O–H groups in total. The number of para-hydroxylation sites is 1. The molecule has 1 aromatic carbocycles. The molecular formula is C17H22N4O3. The van der Waals surface area contributed by atoms with E-state index in [2.05, 4.69) is 4.98 Å². The number of hydrogen-bond donors (Lipinski definition) is 2. The molecule has 24 heavy (non-hydrogen) atoms. The molecular weight excluding hydrogens is 308 g/mol. The van der Waals surface area contributed by atoms with E-state index >= 15 is 0 Å². The van der Waals surface area contributed by atoms with Gasteiger partial charge in [0.1, 0.15) is 11.4 Å². The first kappa shape index (κ1) is 17.5. The van der Waals surface area contributed by atoms with E-state index in [1.54, 1.807) is 0 Å². The Morgan fingerprint density at radius 2 is 1.88 bits per heavy atom. The fraction of sp³-hybridized carbons (Fsp3) is 0.353. The summed E-state index contributed by atoms with van der Waals surface area (Å²) in [7, 11) is 0. The summed E-state index contributed by atoms with van der Waals surface area (Å²) in [6.45, 7) is 4.76. The first-order chi connectivity index (χ1) is 11.5. The van der Waals surface area contributed by atoms with Crippen molar-refractivity contribution in [3.63, 3.8) is 0 Å². The van der Waals surface area contributed by atoms with E-state index in [4.69, 9.17) is 5.73 Å². The molecule has 0 aliphatic heterocycles. The van der Waals surface area contributed by atoms with Crippen molar-refractivity contribution < 1.29 is 4.79 Å². The van der Waals surface area contributed by atoms with E-state index in [-0.39, 0.29) is 17.9 Å². The fourth-order valence-electron chi connectivity index (χ4n) is 2.58. The second-order valence-electron chi connectivity index (χ2n) is 5.44. The Kier molecular flexibility index (Phi) is 5.57. The van der Waals surface area contributed by atoms with Crippen LogP contribution in [0, 0.1) is 0 Å². The molecule has 7 nitrogen and oxygen atoms in total. The van der Waals surface area contributed by atoms with Crippen molar-refractivity contribution in [3.05, 3.63) is 56.7 Å². The predicted octanol–water partition coefficient (Wildman–Crippen LogP) is 1.24. The first-order valence-corrected chi connectivity index (χ1v) is 7.95. The number of nitrogens with one attached hydrogen (secondary N) is 1. The van der Waals surface area contributed by atoms with Gasteiger partial charge >= 0.3 is 5.69 Å². The number of hydrogen-bond acceptors (Lipinski definition) is 5. The predicted molar refractivity (Wildman–Crippen MR) is 94.7 cm³/mol. The van der Waals surface area contributed by atoms with Crippen molar-refractivity contribution in [2.45, 2.75) is 26.8 Å². The van der Waals surface area contributed by atoms with Gasteiger partial charge in [0.2, 0.25) is 0 Å². The largest absolute Gasteiger partial charge is 0.384 e. The SMILES string of the molecule is CCCn1c(N)c(C(=O)CN(CC)c2ccccc2)c(=O)[nH]c1=O. The van der Waals surface area contributed by atoms with E-state index in [0.717, 1.165) is 5.69 Å². The van der Waals surface area contributed by atoms with Crippen LogP contribution < -0.4 is 21.9 Å². The standard InChI is InChI=1S/C17H22N4O3/c1-3-10-21-15(18)14(16(23)19-17(21)24)13(22)11-20(4-2)12-8-6-5-7-9-12/h5-9H,3-4,10-11,18H2,1-2H3,(H,19,23,24). The van der Waals surface area contributed by atoms with Crippen LogP contribution in [0.5, 0.6) is 0 Å². The number of carbonyl (C=O) groups excluding carboxylic acids is 1. The topological polar surface area (TPSA) is 101 Å². The number of nitrogen functional groups attached to an aromatic ring is 1. The third kappa shape index (κ3) is 3.56. The minimum absolute atomic E-state index is 0.0120. The van der Waals surface area contributed by atoms with Gasteiger partial charge in [-0.3, -0.25) is 19.1 Å². The molecule has 2 rings (SSSR count). The van der Waals surface area contributed by atoms with Crippen molar-refractivity contribution in [2.24, 2.45) is 0 Å². The van der Waals surface area contributed by atoms with Gasteiger partial charge < -0.3 is 10.6 Å². The summed E-state index contributed by atoms with van der Waals surface area (Å²) in [5, 5.41) is 0. The van der Waals surface area contributed by atoms with Crippen LogP contribution in [-0.4, -0.2) is 28.4 Å². The number of aromatic amines is 1. The summed E-state index contributed by atoms with van der Waals surface area (Å²) in [5.41, 5.74) is 5.33. The summed E-state index contributed by atoms with van der Waals surface area (Å²) in [5.74, 6) is -0.482. The first-order valence-electron chi connectivity index (χ1n) is 7.95. The molecule has 7 heteroatoms. The zero-order valence-electron chi connectivity index (χ0n) is 13.9. The maximum atomic E-state index is 12.6. The van der Waals surface area contributed by atoms with Gasteiger partial charge in [0.15, 0.2) is 5.78 Å². The monoisotopic (exact) mass is 330 g/mol. The zero-order chi connectivity index (χ0) is 17.7. The summed E-state index contributed by atoms with van der Waals surface area (Å²) < 4.78 is 1.23. The Balaban J connectivity index is 2.38. The molecule has 0 bridgehead atoms.